The molecule has 1 aliphatic heterocycles. The molecule has 0 aliphatic carbocycles. The maximum atomic E-state index is 12.7. The Morgan fingerprint density at radius 1 is 1.20 bits per heavy atom. The number of carbonyl (C=O) groups is 1. The average molecular weight is 362 g/mol. The van der Waals surface area contributed by atoms with E-state index in [-0.39, 0.29) is 11.3 Å². The van der Waals surface area contributed by atoms with Gasteiger partial charge in [-0.3, -0.25) is 4.79 Å². The summed E-state index contributed by atoms with van der Waals surface area (Å²) in [4.78, 5) is 14.4. The monoisotopic (exact) mass is 362 g/mol. The zero-order valence-electron chi connectivity index (χ0n) is 13.0. The van der Waals surface area contributed by atoms with Crippen molar-refractivity contribution in [3.8, 4) is 6.07 Å². The SMILES string of the molecule is N#Cc1cccc(C(=O)N2CCSC2c2ccc(C(F)(F)F)cc2)c1. The highest BCUT2D eigenvalue weighted by atomic mass is 32.2. The molecule has 2 aromatic rings. The van der Waals surface area contributed by atoms with E-state index >= 15 is 0 Å². The highest BCUT2D eigenvalue weighted by Crippen LogP contribution is 2.40. The van der Waals surface area contributed by atoms with E-state index < -0.39 is 11.7 Å². The van der Waals surface area contributed by atoms with Gasteiger partial charge >= 0.3 is 6.18 Å². The lowest BCUT2D eigenvalue weighted by Gasteiger charge is -2.24. The summed E-state index contributed by atoms with van der Waals surface area (Å²) in [5.41, 5.74) is 0.737. The van der Waals surface area contributed by atoms with Crippen molar-refractivity contribution in [3.63, 3.8) is 0 Å². The second-order valence-electron chi connectivity index (χ2n) is 5.53. The van der Waals surface area contributed by atoms with Crippen LogP contribution in [0, 0.1) is 11.3 Å². The maximum Gasteiger partial charge on any atom is 0.416 e. The molecule has 1 fully saturated rings. The molecule has 1 amide bonds. The van der Waals surface area contributed by atoms with Crippen LogP contribution in [0.5, 0.6) is 0 Å². The summed E-state index contributed by atoms with van der Waals surface area (Å²) >= 11 is 1.51. The predicted octanol–water partition coefficient (Wildman–Crippen LogP) is 4.46. The van der Waals surface area contributed by atoms with Gasteiger partial charge in [0.15, 0.2) is 0 Å². The Labute approximate surface area is 147 Å². The molecule has 1 aliphatic rings. The van der Waals surface area contributed by atoms with Gasteiger partial charge in [0.05, 0.1) is 17.2 Å². The van der Waals surface area contributed by atoms with Crippen LogP contribution in [0.3, 0.4) is 0 Å². The van der Waals surface area contributed by atoms with E-state index in [0.717, 1.165) is 12.1 Å². The number of hydrogen-bond donors (Lipinski definition) is 0. The van der Waals surface area contributed by atoms with Crippen LogP contribution in [-0.4, -0.2) is 23.1 Å². The Bertz CT molecular complexity index is 827. The molecule has 2 aromatic carbocycles. The quantitative estimate of drug-likeness (QED) is 0.792. The van der Waals surface area contributed by atoms with E-state index in [1.807, 2.05) is 6.07 Å². The molecule has 0 saturated carbocycles. The second-order valence-corrected chi connectivity index (χ2v) is 6.72. The number of benzene rings is 2. The van der Waals surface area contributed by atoms with Gasteiger partial charge in [-0.05, 0) is 35.9 Å². The largest absolute Gasteiger partial charge is 0.416 e. The first-order valence-corrected chi connectivity index (χ1v) is 8.55. The third-order valence-corrected chi connectivity index (χ3v) is 5.17. The predicted molar refractivity (Wildman–Crippen MR) is 88.8 cm³/mol. The molecule has 0 bridgehead atoms. The number of nitriles is 1. The molecule has 25 heavy (non-hydrogen) atoms. The summed E-state index contributed by atoms with van der Waals surface area (Å²) in [5.74, 6) is 0.474. The number of thioether (sulfide) groups is 1. The number of rotatable bonds is 2. The zero-order valence-corrected chi connectivity index (χ0v) is 13.8. The van der Waals surface area contributed by atoms with Crippen LogP contribution in [0.2, 0.25) is 0 Å². The lowest BCUT2D eigenvalue weighted by Crippen LogP contribution is -2.30. The van der Waals surface area contributed by atoms with Gasteiger partial charge < -0.3 is 4.90 Å². The topological polar surface area (TPSA) is 44.1 Å². The van der Waals surface area contributed by atoms with Crippen molar-refractivity contribution < 1.29 is 18.0 Å². The zero-order chi connectivity index (χ0) is 18.0. The molecule has 3 nitrogen and oxygen atoms in total. The fraction of sp³-hybridized carbons (Fsp3) is 0.222. The van der Waals surface area contributed by atoms with E-state index in [2.05, 4.69) is 0 Å². The normalized spacial score (nSPS) is 17.4. The van der Waals surface area contributed by atoms with E-state index in [4.69, 9.17) is 5.26 Å². The van der Waals surface area contributed by atoms with Crippen LogP contribution >= 0.6 is 11.8 Å². The number of halogens is 3. The Morgan fingerprint density at radius 2 is 1.92 bits per heavy atom. The maximum absolute atomic E-state index is 12.7. The standard InChI is InChI=1S/C18H13F3N2OS/c19-18(20,21)15-6-4-13(5-7-15)17-23(8-9-25-17)16(24)14-3-1-2-12(10-14)11-22/h1-7,10,17H,8-9H2. The summed E-state index contributed by atoms with van der Waals surface area (Å²) in [6.45, 7) is 0.506. The van der Waals surface area contributed by atoms with Crippen LogP contribution in [-0.2, 0) is 6.18 Å². The molecule has 1 atom stereocenters. The fourth-order valence-electron chi connectivity index (χ4n) is 2.68. The van der Waals surface area contributed by atoms with Crippen molar-refractivity contribution in [2.75, 3.05) is 12.3 Å². The smallest absolute Gasteiger partial charge is 0.322 e. The molecule has 1 saturated heterocycles. The molecule has 1 unspecified atom stereocenters. The van der Waals surface area contributed by atoms with Crippen molar-refractivity contribution in [2.24, 2.45) is 0 Å². The molecular weight excluding hydrogens is 349 g/mol. The minimum atomic E-state index is -4.38. The molecule has 0 radical (unpaired) electrons. The van der Waals surface area contributed by atoms with Crippen molar-refractivity contribution in [2.45, 2.75) is 11.6 Å². The van der Waals surface area contributed by atoms with Gasteiger partial charge in [0.1, 0.15) is 5.37 Å². The highest BCUT2D eigenvalue weighted by molar-refractivity contribution is 7.99. The number of nitrogens with zero attached hydrogens (tertiary/aromatic N) is 2. The van der Waals surface area contributed by atoms with Gasteiger partial charge in [-0.2, -0.15) is 18.4 Å². The minimum absolute atomic E-state index is 0.230. The van der Waals surface area contributed by atoms with E-state index in [1.54, 1.807) is 23.1 Å². The minimum Gasteiger partial charge on any atom is -0.322 e. The van der Waals surface area contributed by atoms with Crippen molar-refractivity contribution in [1.82, 2.24) is 4.90 Å². The first kappa shape index (κ1) is 17.4. The van der Waals surface area contributed by atoms with Crippen LogP contribution in [0.4, 0.5) is 13.2 Å². The van der Waals surface area contributed by atoms with Crippen molar-refractivity contribution in [3.05, 3.63) is 70.8 Å². The number of amides is 1. The number of carbonyl (C=O) groups excluding carboxylic acids is 1. The van der Waals surface area contributed by atoms with E-state index in [0.29, 0.717) is 29.0 Å². The summed E-state index contributed by atoms with van der Waals surface area (Å²) in [6.07, 6.45) is -4.38. The third kappa shape index (κ3) is 3.64. The molecule has 3 rings (SSSR count). The molecule has 128 valence electrons. The molecule has 0 spiro atoms. The molecule has 1 heterocycles. The first-order chi connectivity index (χ1) is 11.9. The lowest BCUT2D eigenvalue weighted by atomic mass is 10.1. The van der Waals surface area contributed by atoms with Gasteiger partial charge in [0.25, 0.3) is 5.91 Å². The van der Waals surface area contributed by atoms with E-state index in [9.17, 15) is 18.0 Å². The molecule has 7 heteroatoms. The Kier molecular flexibility index (Phi) is 4.73. The molecule has 0 N–H and O–H groups in total. The lowest BCUT2D eigenvalue weighted by molar-refractivity contribution is -0.137. The van der Waals surface area contributed by atoms with Crippen LogP contribution in [0.1, 0.15) is 32.4 Å². The highest BCUT2D eigenvalue weighted by Gasteiger charge is 2.33. The third-order valence-electron chi connectivity index (χ3n) is 3.91. The van der Waals surface area contributed by atoms with Crippen LogP contribution in [0.15, 0.2) is 48.5 Å². The van der Waals surface area contributed by atoms with Gasteiger partial charge in [-0.25, -0.2) is 0 Å². The second kappa shape index (κ2) is 6.81. The van der Waals surface area contributed by atoms with Gasteiger partial charge in [-0.1, -0.05) is 18.2 Å². The molecule has 0 aromatic heterocycles. The number of alkyl halides is 3. The summed E-state index contributed by atoms with van der Waals surface area (Å²) in [6, 6.07) is 13.3. The summed E-state index contributed by atoms with van der Waals surface area (Å²) in [5, 5.41) is 8.63. The van der Waals surface area contributed by atoms with E-state index in [1.165, 1.54) is 30.0 Å². The fourth-order valence-corrected chi connectivity index (χ4v) is 3.93. The van der Waals surface area contributed by atoms with Gasteiger partial charge in [0, 0.05) is 17.9 Å². The van der Waals surface area contributed by atoms with Gasteiger partial charge in [0.2, 0.25) is 0 Å². The Balaban J connectivity index is 1.85. The van der Waals surface area contributed by atoms with Crippen molar-refractivity contribution in [1.29, 1.82) is 5.26 Å². The first-order valence-electron chi connectivity index (χ1n) is 7.50. The summed E-state index contributed by atoms with van der Waals surface area (Å²) in [7, 11) is 0. The Morgan fingerprint density at radius 3 is 2.56 bits per heavy atom. The summed E-state index contributed by atoms with van der Waals surface area (Å²) < 4.78 is 38.1. The number of hydrogen-bond acceptors (Lipinski definition) is 3. The van der Waals surface area contributed by atoms with Crippen LogP contribution in [0.25, 0.3) is 0 Å². The van der Waals surface area contributed by atoms with Crippen molar-refractivity contribution >= 4 is 17.7 Å². The van der Waals surface area contributed by atoms with Crippen LogP contribution < -0.4 is 0 Å². The average Bonchev–Trinajstić information content (AvgIpc) is 3.10. The Hall–Kier alpha value is -2.46. The van der Waals surface area contributed by atoms with Gasteiger partial charge in [-0.15, -0.1) is 11.8 Å². The molecular formula is C18H13F3N2OS.